The van der Waals surface area contributed by atoms with Crippen molar-refractivity contribution in [1.29, 1.82) is 0 Å². The maximum atomic E-state index is 13.6. The predicted octanol–water partition coefficient (Wildman–Crippen LogP) is 4.58. The Morgan fingerprint density at radius 1 is 1.42 bits per heavy atom. The van der Waals surface area contributed by atoms with Crippen LogP contribution in [0.3, 0.4) is 0 Å². The molecule has 3 aromatic rings. The molecular formula is C19H19FN2OS. The van der Waals surface area contributed by atoms with Gasteiger partial charge in [-0.15, -0.1) is 11.3 Å². The van der Waals surface area contributed by atoms with Crippen molar-refractivity contribution in [3.8, 4) is 0 Å². The van der Waals surface area contributed by atoms with Crippen molar-refractivity contribution in [3.63, 3.8) is 0 Å². The number of H-pyrrole nitrogens is 1. The molecule has 3 heterocycles. The molecule has 4 rings (SSSR count). The first-order valence-electron chi connectivity index (χ1n) is 8.23. The summed E-state index contributed by atoms with van der Waals surface area (Å²) in [6.07, 6.45) is 2.38. The summed E-state index contributed by atoms with van der Waals surface area (Å²) in [6, 6.07) is 9.02. The Hall–Kier alpha value is -2.14. The van der Waals surface area contributed by atoms with Crippen LogP contribution in [0.1, 0.15) is 35.0 Å². The molecule has 1 saturated heterocycles. The number of aryl methyl sites for hydroxylation is 1. The smallest absolute Gasteiger partial charge is 0.227 e. The van der Waals surface area contributed by atoms with Crippen LogP contribution in [0, 0.1) is 12.7 Å². The molecule has 1 aromatic carbocycles. The molecule has 1 unspecified atom stereocenters. The fourth-order valence-corrected chi connectivity index (χ4v) is 4.55. The number of hydrogen-bond acceptors (Lipinski definition) is 2. The van der Waals surface area contributed by atoms with E-state index in [9.17, 15) is 9.18 Å². The lowest BCUT2D eigenvalue weighted by Gasteiger charge is -2.24. The van der Waals surface area contributed by atoms with E-state index in [1.54, 1.807) is 17.4 Å². The van der Waals surface area contributed by atoms with Gasteiger partial charge in [0.25, 0.3) is 0 Å². The third-order valence-corrected chi connectivity index (χ3v) is 5.83. The summed E-state index contributed by atoms with van der Waals surface area (Å²) in [5, 5.41) is 2.87. The van der Waals surface area contributed by atoms with Crippen LogP contribution >= 0.6 is 11.3 Å². The Kier molecular flexibility index (Phi) is 3.88. The Morgan fingerprint density at radius 3 is 3.08 bits per heavy atom. The number of likely N-dealkylation sites (tertiary alicyclic amines) is 1. The summed E-state index contributed by atoms with van der Waals surface area (Å²) in [6.45, 7) is 2.75. The van der Waals surface area contributed by atoms with Crippen molar-refractivity contribution in [3.05, 3.63) is 57.7 Å². The zero-order chi connectivity index (χ0) is 16.7. The number of halogens is 1. The Labute approximate surface area is 144 Å². The molecule has 0 aliphatic carbocycles. The second-order valence-corrected chi connectivity index (χ2v) is 7.34. The number of carbonyl (C=O) groups is 1. The number of hydrogen-bond donors (Lipinski definition) is 1. The summed E-state index contributed by atoms with van der Waals surface area (Å²) in [5.74, 6) is -0.146. The van der Waals surface area contributed by atoms with Crippen LogP contribution in [-0.4, -0.2) is 22.3 Å². The first-order valence-corrected chi connectivity index (χ1v) is 9.11. The normalized spacial score (nSPS) is 17.8. The molecule has 1 aliphatic heterocycles. The van der Waals surface area contributed by atoms with E-state index in [0.717, 1.165) is 41.5 Å². The van der Waals surface area contributed by atoms with E-state index in [2.05, 4.69) is 16.4 Å². The van der Waals surface area contributed by atoms with E-state index in [0.29, 0.717) is 6.42 Å². The topological polar surface area (TPSA) is 36.1 Å². The van der Waals surface area contributed by atoms with Gasteiger partial charge in [-0.3, -0.25) is 4.79 Å². The fraction of sp³-hybridized carbons (Fsp3) is 0.316. The SMILES string of the molecule is Cc1[nH]c2ccc(F)cc2c1CC(=O)N1CCCC1c1cccs1. The molecule has 0 spiro atoms. The van der Waals surface area contributed by atoms with E-state index in [1.165, 1.54) is 17.0 Å². The third-order valence-electron chi connectivity index (χ3n) is 4.85. The number of amides is 1. The Morgan fingerprint density at radius 2 is 2.29 bits per heavy atom. The summed E-state index contributed by atoms with van der Waals surface area (Å²) < 4.78 is 13.6. The molecule has 1 aliphatic rings. The molecule has 0 bridgehead atoms. The summed E-state index contributed by atoms with van der Waals surface area (Å²) >= 11 is 1.71. The summed E-state index contributed by atoms with van der Waals surface area (Å²) in [4.78, 5) is 19.4. The molecular weight excluding hydrogens is 323 g/mol. The molecule has 1 atom stereocenters. The zero-order valence-corrected chi connectivity index (χ0v) is 14.3. The van der Waals surface area contributed by atoms with Crippen molar-refractivity contribution in [1.82, 2.24) is 9.88 Å². The lowest BCUT2D eigenvalue weighted by molar-refractivity contribution is -0.131. The van der Waals surface area contributed by atoms with E-state index in [4.69, 9.17) is 0 Å². The van der Waals surface area contributed by atoms with Crippen molar-refractivity contribution >= 4 is 28.1 Å². The fourth-order valence-electron chi connectivity index (χ4n) is 3.68. The van der Waals surface area contributed by atoms with Crippen LogP contribution in [-0.2, 0) is 11.2 Å². The second-order valence-electron chi connectivity index (χ2n) is 6.36. The first-order chi connectivity index (χ1) is 11.6. The predicted molar refractivity (Wildman–Crippen MR) is 94.7 cm³/mol. The monoisotopic (exact) mass is 342 g/mol. The second kappa shape index (κ2) is 6.06. The number of nitrogens with zero attached hydrogens (tertiary/aromatic N) is 1. The van der Waals surface area contributed by atoms with Gasteiger partial charge in [0.1, 0.15) is 5.82 Å². The minimum absolute atomic E-state index is 0.124. The van der Waals surface area contributed by atoms with Crippen LogP contribution in [0.4, 0.5) is 4.39 Å². The summed E-state index contributed by atoms with van der Waals surface area (Å²) in [7, 11) is 0. The maximum Gasteiger partial charge on any atom is 0.227 e. The van der Waals surface area contributed by atoms with Gasteiger partial charge in [0.15, 0.2) is 0 Å². The average molecular weight is 342 g/mol. The van der Waals surface area contributed by atoms with Crippen molar-refractivity contribution in [2.75, 3.05) is 6.54 Å². The van der Waals surface area contributed by atoms with Crippen molar-refractivity contribution in [2.45, 2.75) is 32.2 Å². The summed E-state index contributed by atoms with van der Waals surface area (Å²) in [5.41, 5.74) is 2.73. The molecule has 124 valence electrons. The molecule has 0 radical (unpaired) electrons. The number of rotatable bonds is 3. The Balaban J connectivity index is 1.62. The average Bonchev–Trinajstić information content (AvgIpc) is 3.28. The molecule has 2 aromatic heterocycles. The number of aromatic amines is 1. The van der Waals surface area contributed by atoms with Crippen LogP contribution < -0.4 is 0 Å². The number of carbonyl (C=O) groups excluding carboxylic acids is 1. The number of benzene rings is 1. The van der Waals surface area contributed by atoms with Gasteiger partial charge in [0, 0.05) is 28.0 Å². The van der Waals surface area contributed by atoms with Gasteiger partial charge in [-0.05, 0) is 55.0 Å². The lowest BCUT2D eigenvalue weighted by Crippen LogP contribution is -2.31. The highest BCUT2D eigenvalue weighted by Crippen LogP contribution is 2.35. The number of thiophene rings is 1. The molecule has 5 heteroatoms. The standard InChI is InChI=1S/C19H19FN2OS/c1-12-14(15-10-13(20)6-7-16(15)21-12)11-19(23)22-8-2-4-17(22)18-5-3-9-24-18/h3,5-7,9-10,17,21H,2,4,8,11H2,1H3. The highest BCUT2D eigenvalue weighted by Gasteiger charge is 2.31. The van der Waals surface area contributed by atoms with Gasteiger partial charge in [-0.1, -0.05) is 6.07 Å². The van der Waals surface area contributed by atoms with E-state index >= 15 is 0 Å². The van der Waals surface area contributed by atoms with Gasteiger partial charge in [0.05, 0.1) is 12.5 Å². The molecule has 1 fully saturated rings. The van der Waals surface area contributed by atoms with Crippen molar-refractivity contribution < 1.29 is 9.18 Å². The van der Waals surface area contributed by atoms with Crippen molar-refractivity contribution in [2.24, 2.45) is 0 Å². The van der Waals surface area contributed by atoms with Crippen LogP contribution in [0.2, 0.25) is 0 Å². The molecule has 1 N–H and O–H groups in total. The van der Waals surface area contributed by atoms with Gasteiger partial charge in [-0.2, -0.15) is 0 Å². The zero-order valence-electron chi connectivity index (χ0n) is 13.5. The minimum atomic E-state index is -0.271. The molecule has 24 heavy (non-hydrogen) atoms. The van der Waals surface area contributed by atoms with Gasteiger partial charge in [0.2, 0.25) is 5.91 Å². The highest BCUT2D eigenvalue weighted by molar-refractivity contribution is 7.10. The van der Waals surface area contributed by atoms with E-state index in [1.807, 2.05) is 17.9 Å². The highest BCUT2D eigenvalue weighted by atomic mass is 32.1. The quantitative estimate of drug-likeness (QED) is 0.743. The van der Waals surface area contributed by atoms with Crippen LogP contribution in [0.5, 0.6) is 0 Å². The molecule has 3 nitrogen and oxygen atoms in total. The number of fused-ring (bicyclic) bond motifs is 1. The van der Waals surface area contributed by atoms with Gasteiger partial charge in [-0.25, -0.2) is 4.39 Å². The van der Waals surface area contributed by atoms with E-state index in [-0.39, 0.29) is 17.8 Å². The number of nitrogens with one attached hydrogen (secondary N) is 1. The third kappa shape index (κ3) is 2.63. The van der Waals surface area contributed by atoms with Crippen LogP contribution in [0.15, 0.2) is 35.7 Å². The Bertz CT molecular complexity index is 884. The number of aromatic nitrogens is 1. The minimum Gasteiger partial charge on any atom is -0.358 e. The maximum absolute atomic E-state index is 13.6. The van der Waals surface area contributed by atoms with Gasteiger partial charge < -0.3 is 9.88 Å². The lowest BCUT2D eigenvalue weighted by atomic mass is 10.1. The van der Waals surface area contributed by atoms with E-state index < -0.39 is 0 Å². The van der Waals surface area contributed by atoms with Crippen LogP contribution in [0.25, 0.3) is 10.9 Å². The first kappa shape index (κ1) is 15.4. The largest absolute Gasteiger partial charge is 0.358 e. The van der Waals surface area contributed by atoms with Gasteiger partial charge >= 0.3 is 0 Å². The molecule has 1 amide bonds. The molecule has 0 saturated carbocycles.